The van der Waals surface area contributed by atoms with Crippen LogP contribution in [0.4, 0.5) is 0 Å². The lowest BCUT2D eigenvalue weighted by molar-refractivity contribution is 0.234. The van der Waals surface area contributed by atoms with Crippen LogP contribution in [0.5, 0.6) is 0 Å². The SMILES string of the molecule is CCCC1CCC(C(N)c2cccc(Cl)c2)CC1. The minimum atomic E-state index is 0.159. The molecular weight excluding hydrogens is 242 g/mol. The van der Waals surface area contributed by atoms with Gasteiger partial charge in [0.05, 0.1) is 0 Å². The zero-order chi connectivity index (χ0) is 13.0. The fourth-order valence-corrected chi connectivity index (χ4v) is 3.43. The molecule has 0 aromatic heterocycles. The second-order valence-corrected chi connectivity index (χ2v) is 6.09. The van der Waals surface area contributed by atoms with E-state index < -0.39 is 0 Å². The predicted molar refractivity (Wildman–Crippen MR) is 78.7 cm³/mol. The first kappa shape index (κ1) is 13.9. The predicted octanol–water partition coefficient (Wildman–Crippen LogP) is 4.95. The Morgan fingerprint density at radius 1 is 1.28 bits per heavy atom. The third-order valence-electron chi connectivity index (χ3n) is 4.33. The Labute approximate surface area is 116 Å². The highest BCUT2D eigenvalue weighted by Gasteiger charge is 2.25. The van der Waals surface area contributed by atoms with Crippen molar-refractivity contribution in [1.29, 1.82) is 0 Å². The first-order valence-electron chi connectivity index (χ1n) is 7.21. The highest BCUT2D eigenvalue weighted by molar-refractivity contribution is 6.30. The summed E-state index contributed by atoms with van der Waals surface area (Å²) in [6.07, 6.45) is 7.96. The molecule has 18 heavy (non-hydrogen) atoms. The van der Waals surface area contributed by atoms with E-state index in [4.69, 9.17) is 17.3 Å². The van der Waals surface area contributed by atoms with Gasteiger partial charge in [-0.25, -0.2) is 0 Å². The van der Waals surface area contributed by atoms with Crippen LogP contribution in [0.3, 0.4) is 0 Å². The van der Waals surface area contributed by atoms with Gasteiger partial charge in [-0.1, -0.05) is 56.3 Å². The fourth-order valence-electron chi connectivity index (χ4n) is 3.23. The maximum Gasteiger partial charge on any atom is 0.0409 e. The van der Waals surface area contributed by atoms with Crippen LogP contribution < -0.4 is 5.73 Å². The Hall–Kier alpha value is -0.530. The van der Waals surface area contributed by atoms with Gasteiger partial charge in [0.2, 0.25) is 0 Å². The van der Waals surface area contributed by atoms with E-state index in [1.54, 1.807) is 0 Å². The molecule has 1 fully saturated rings. The molecule has 0 spiro atoms. The van der Waals surface area contributed by atoms with Gasteiger partial charge >= 0.3 is 0 Å². The lowest BCUT2D eigenvalue weighted by Crippen LogP contribution is -2.26. The molecule has 2 rings (SSSR count). The van der Waals surface area contributed by atoms with E-state index >= 15 is 0 Å². The molecule has 1 nitrogen and oxygen atoms in total. The highest BCUT2D eigenvalue weighted by Crippen LogP contribution is 2.37. The van der Waals surface area contributed by atoms with Gasteiger partial charge in [-0.15, -0.1) is 0 Å². The summed E-state index contributed by atoms with van der Waals surface area (Å²) < 4.78 is 0. The third-order valence-corrected chi connectivity index (χ3v) is 4.56. The summed E-state index contributed by atoms with van der Waals surface area (Å²) in [5.74, 6) is 1.58. The van der Waals surface area contributed by atoms with E-state index in [2.05, 4.69) is 13.0 Å². The summed E-state index contributed by atoms with van der Waals surface area (Å²) >= 11 is 6.04. The smallest absolute Gasteiger partial charge is 0.0409 e. The molecule has 100 valence electrons. The van der Waals surface area contributed by atoms with E-state index in [1.807, 2.05) is 18.2 Å². The maximum atomic E-state index is 6.40. The Balaban J connectivity index is 1.93. The van der Waals surface area contributed by atoms with Crippen LogP contribution in [0.2, 0.25) is 5.02 Å². The Bertz CT molecular complexity index is 369. The highest BCUT2D eigenvalue weighted by atomic mass is 35.5. The van der Waals surface area contributed by atoms with E-state index in [0.717, 1.165) is 10.9 Å². The van der Waals surface area contributed by atoms with Crippen molar-refractivity contribution in [3.05, 3.63) is 34.9 Å². The average molecular weight is 266 g/mol. The third kappa shape index (κ3) is 3.49. The number of rotatable bonds is 4. The average Bonchev–Trinajstić information content (AvgIpc) is 2.39. The summed E-state index contributed by atoms with van der Waals surface area (Å²) in [5, 5.41) is 0.794. The zero-order valence-electron chi connectivity index (χ0n) is 11.2. The molecule has 0 aliphatic heterocycles. The van der Waals surface area contributed by atoms with Crippen molar-refractivity contribution in [2.45, 2.75) is 51.5 Å². The van der Waals surface area contributed by atoms with Gasteiger partial charge in [0, 0.05) is 11.1 Å². The van der Waals surface area contributed by atoms with Gasteiger partial charge in [0.1, 0.15) is 0 Å². The molecule has 0 bridgehead atoms. The van der Waals surface area contributed by atoms with E-state index in [-0.39, 0.29) is 6.04 Å². The van der Waals surface area contributed by atoms with Crippen LogP contribution in [0.15, 0.2) is 24.3 Å². The zero-order valence-corrected chi connectivity index (χ0v) is 12.0. The van der Waals surface area contributed by atoms with Crippen LogP contribution in [0.25, 0.3) is 0 Å². The summed E-state index contributed by atoms with van der Waals surface area (Å²) in [7, 11) is 0. The van der Waals surface area contributed by atoms with Crippen molar-refractivity contribution < 1.29 is 0 Å². The number of hydrogen-bond donors (Lipinski definition) is 1. The molecule has 0 radical (unpaired) electrons. The van der Waals surface area contributed by atoms with Crippen molar-refractivity contribution in [2.24, 2.45) is 17.6 Å². The van der Waals surface area contributed by atoms with Gasteiger partial charge in [0.15, 0.2) is 0 Å². The van der Waals surface area contributed by atoms with Crippen molar-refractivity contribution in [2.75, 3.05) is 0 Å². The van der Waals surface area contributed by atoms with Crippen LogP contribution in [-0.4, -0.2) is 0 Å². The molecule has 0 amide bonds. The number of nitrogens with two attached hydrogens (primary N) is 1. The first-order chi connectivity index (χ1) is 8.70. The molecule has 1 aliphatic carbocycles. The molecule has 1 saturated carbocycles. The molecule has 1 unspecified atom stereocenters. The van der Waals surface area contributed by atoms with E-state index in [0.29, 0.717) is 5.92 Å². The molecule has 1 aromatic carbocycles. The van der Waals surface area contributed by atoms with Gasteiger partial charge in [-0.3, -0.25) is 0 Å². The lowest BCUT2D eigenvalue weighted by atomic mass is 9.76. The summed E-state index contributed by atoms with van der Waals surface area (Å²) in [6.45, 7) is 2.28. The van der Waals surface area contributed by atoms with Crippen LogP contribution >= 0.6 is 11.6 Å². The summed E-state index contributed by atoms with van der Waals surface area (Å²) in [5.41, 5.74) is 7.60. The van der Waals surface area contributed by atoms with Crippen molar-refractivity contribution in [1.82, 2.24) is 0 Å². The minimum absolute atomic E-state index is 0.159. The topological polar surface area (TPSA) is 26.0 Å². The lowest BCUT2D eigenvalue weighted by Gasteiger charge is -2.32. The quantitative estimate of drug-likeness (QED) is 0.819. The second kappa shape index (κ2) is 6.58. The molecule has 2 N–H and O–H groups in total. The van der Waals surface area contributed by atoms with Crippen LogP contribution in [0.1, 0.15) is 57.1 Å². The molecular formula is C16H24ClN. The summed E-state index contributed by atoms with van der Waals surface area (Å²) in [4.78, 5) is 0. The minimum Gasteiger partial charge on any atom is -0.324 e. The molecule has 1 aromatic rings. The Kier molecular flexibility index (Phi) is 5.08. The van der Waals surface area contributed by atoms with Gasteiger partial charge in [-0.2, -0.15) is 0 Å². The fraction of sp³-hybridized carbons (Fsp3) is 0.625. The molecule has 0 saturated heterocycles. The largest absolute Gasteiger partial charge is 0.324 e. The van der Waals surface area contributed by atoms with Gasteiger partial charge in [0.25, 0.3) is 0 Å². The molecule has 0 heterocycles. The van der Waals surface area contributed by atoms with Crippen LogP contribution in [0, 0.1) is 11.8 Å². The number of benzene rings is 1. The number of hydrogen-bond acceptors (Lipinski definition) is 1. The maximum absolute atomic E-state index is 6.40. The Morgan fingerprint density at radius 3 is 2.61 bits per heavy atom. The normalized spacial score (nSPS) is 25.9. The summed E-state index contributed by atoms with van der Waals surface area (Å²) in [6, 6.07) is 8.20. The van der Waals surface area contributed by atoms with Crippen molar-refractivity contribution in [3.63, 3.8) is 0 Å². The molecule has 1 aliphatic rings. The van der Waals surface area contributed by atoms with Crippen LogP contribution in [-0.2, 0) is 0 Å². The van der Waals surface area contributed by atoms with Gasteiger partial charge < -0.3 is 5.73 Å². The van der Waals surface area contributed by atoms with Gasteiger partial charge in [-0.05, 0) is 42.4 Å². The number of halogens is 1. The monoisotopic (exact) mass is 265 g/mol. The Morgan fingerprint density at radius 2 is 2.00 bits per heavy atom. The first-order valence-corrected chi connectivity index (χ1v) is 7.59. The molecule has 2 heteroatoms. The second-order valence-electron chi connectivity index (χ2n) is 5.65. The van der Waals surface area contributed by atoms with E-state index in [9.17, 15) is 0 Å². The van der Waals surface area contributed by atoms with Crippen molar-refractivity contribution in [3.8, 4) is 0 Å². The van der Waals surface area contributed by atoms with Crippen molar-refractivity contribution >= 4 is 11.6 Å². The standard InChI is InChI=1S/C16H24ClN/c1-2-4-12-7-9-13(10-8-12)16(18)14-5-3-6-15(17)11-14/h3,5-6,11-13,16H,2,4,7-10,18H2,1H3. The van der Waals surface area contributed by atoms with E-state index in [1.165, 1.54) is 44.1 Å². The molecule has 1 atom stereocenters.